The quantitative estimate of drug-likeness (QED) is 0.571. The molecule has 4 rings (SSSR count). The Labute approximate surface area is 214 Å². The molecule has 1 N–H and O–H groups in total. The largest absolute Gasteiger partial charge is 0.350 e. The van der Waals surface area contributed by atoms with Crippen LogP contribution in [0.25, 0.3) is 6.08 Å². The van der Waals surface area contributed by atoms with E-state index < -0.39 is 9.84 Å². The summed E-state index contributed by atoms with van der Waals surface area (Å²) in [6, 6.07) is 15.1. The van der Waals surface area contributed by atoms with Gasteiger partial charge in [0.25, 0.3) is 0 Å². The monoisotopic (exact) mass is 505 g/mol. The smallest absolute Gasteiger partial charge is 0.244 e. The minimum absolute atomic E-state index is 0.0797. The number of hydrogen-bond acceptors (Lipinski definition) is 5. The van der Waals surface area contributed by atoms with E-state index in [2.05, 4.69) is 16.3 Å². The van der Waals surface area contributed by atoms with Crippen LogP contribution in [0.2, 0.25) is 0 Å². The predicted octanol–water partition coefficient (Wildman–Crippen LogP) is 4.14. The van der Waals surface area contributed by atoms with Crippen molar-refractivity contribution in [3.05, 3.63) is 70.8 Å². The summed E-state index contributed by atoms with van der Waals surface area (Å²) in [5.41, 5.74) is 3.87. The van der Waals surface area contributed by atoms with Crippen LogP contribution in [-0.4, -0.2) is 51.2 Å². The summed E-state index contributed by atoms with van der Waals surface area (Å²) < 4.78 is 23.8. The van der Waals surface area contributed by atoms with Crippen LogP contribution in [0.15, 0.2) is 53.4 Å². The Morgan fingerprint density at radius 3 is 2.56 bits per heavy atom. The van der Waals surface area contributed by atoms with Gasteiger partial charge in [-0.2, -0.15) is 5.26 Å². The Balaban J connectivity index is 1.18. The van der Waals surface area contributed by atoms with E-state index in [1.165, 1.54) is 23.8 Å². The van der Waals surface area contributed by atoms with Crippen molar-refractivity contribution in [2.75, 3.05) is 25.9 Å². The van der Waals surface area contributed by atoms with Gasteiger partial charge in [-0.05, 0) is 104 Å². The van der Waals surface area contributed by atoms with E-state index in [9.17, 15) is 13.2 Å². The van der Waals surface area contributed by atoms with Gasteiger partial charge in [0.15, 0.2) is 9.84 Å². The number of amides is 1. The molecular weight excluding hydrogens is 470 g/mol. The van der Waals surface area contributed by atoms with E-state index >= 15 is 0 Å². The molecule has 1 amide bonds. The van der Waals surface area contributed by atoms with Crippen LogP contribution in [0.5, 0.6) is 0 Å². The highest BCUT2D eigenvalue weighted by Crippen LogP contribution is 2.28. The van der Waals surface area contributed by atoms with Gasteiger partial charge in [0.1, 0.15) is 0 Å². The van der Waals surface area contributed by atoms with Crippen molar-refractivity contribution in [3.8, 4) is 6.07 Å². The van der Waals surface area contributed by atoms with Gasteiger partial charge in [-0.15, -0.1) is 0 Å². The molecule has 0 atom stereocenters. The van der Waals surface area contributed by atoms with E-state index in [0.29, 0.717) is 16.4 Å². The summed E-state index contributed by atoms with van der Waals surface area (Å²) in [4.78, 5) is 15.3. The van der Waals surface area contributed by atoms with E-state index in [-0.39, 0.29) is 11.9 Å². The number of hydrogen-bond donors (Lipinski definition) is 1. The highest BCUT2D eigenvalue weighted by molar-refractivity contribution is 7.90. The first kappa shape index (κ1) is 26.1. The first-order chi connectivity index (χ1) is 17.3. The van der Waals surface area contributed by atoms with Crippen molar-refractivity contribution < 1.29 is 13.2 Å². The van der Waals surface area contributed by atoms with Gasteiger partial charge in [-0.25, -0.2) is 8.42 Å². The predicted molar refractivity (Wildman–Crippen MR) is 142 cm³/mol. The molecule has 1 fully saturated rings. The van der Waals surface area contributed by atoms with Crippen molar-refractivity contribution in [2.45, 2.75) is 55.9 Å². The third-order valence-electron chi connectivity index (χ3n) is 7.49. The van der Waals surface area contributed by atoms with Crippen LogP contribution in [0, 0.1) is 17.2 Å². The Morgan fingerprint density at radius 2 is 1.83 bits per heavy atom. The van der Waals surface area contributed by atoms with Crippen LogP contribution in [0.3, 0.4) is 0 Å². The molecular formula is C29H35N3O3S. The lowest BCUT2D eigenvalue weighted by Crippen LogP contribution is -2.37. The molecule has 2 aliphatic rings. The van der Waals surface area contributed by atoms with Gasteiger partial charge in [-0.3, -0.25) is 4.79 Å². The second-order valence-electron chi connectivity index (χ2n) is 10.1. The molecule has 2 aromatic rings. The molecule has 0 aromatic heterocycles. The van der Waals surface area contributed by atoms with E-state index in [1.807, 2.05) is 24.3 Å². The zero-order chi connectivity index (χ0) is 25.5. The standard InChI is InChI=1S/C29H35N3O3S/c1-36(34,35)28-11-8-25-14-17-32(18-15-26(25)20-28)16-13-22-5-9-27(10-6-22)31-29(33)12-7-23-3-2-4-24(19-23)21-30/h2-4,7-8,11-12,19-20,22,27H,5-6,9-10,13-18H2,1H3,(H,31,33)/b12-7+. The molecule has 6 nitrogen and oxygen atoms in total. The average Bonchev–Trinajstić information content (AvgIpc) is 3.08. The highest BCUT2D eigenvalue weighted by atomic mass is 32.2. The Kier molecular flexibility index (Phi) is 8.60. The number of benzene rings is 2. The van der Waals surface area contributed by atoms with E-state index in [4.69, 9.17) is 5.26 Å². The zero-order valence-electron chi connectivity index (χ0n) is 20.9. The molecule has 0 unspecified atom stereocenters. The Hall–Kier alpha value is -2.95. The molecule has 1 heterocycles. The molecule has 36 heavy (non-hydrogen) atoms. The molecule has 1 saturated carbocycles. The second kappa shape index (κ2) is 11.9. The van der Waals surface area contributed by atoms with Gasteiger partial charge in [0.05, 0.1) is 16.5 Å². The number of rotatable bonds is 7. The molecule has 7 heteroatoms. The van der Waals surface area contributed by atoms with E-state index in [1.54, 1.807) is 30.4 Å². The molecule has 1 aliphatic heterocycles. The van der Waals surface area contributed by atoms with Crippen molar-refractivity contribution in [1.82, 2.24) is 10.2 Å². The van der Waals surface area contributed by atoms with Crippen molar-refractivity contribution in [1.29, 1.82) is 5.26 Å². The van der Waals surface area contributed by atoms with Crippen LogP contribution in [0.1, 0.15) is 54.4 Å². The van der Waals surface area contributed by atoms with E-state index in [0.717, 1.165) is 63.7 Å². The lowest BCUT2D eigenvalue weighted by atomic mass is 9.84. The van der Waals surface area contributed by atoms with Crippen molar-refractivity contribution in [3.63, 3.8) is 0 Å². The lowest BCUT2D eigenvalue weighted by Gasteiger charge is -2.30. The summed E-state index contributed by atoms with van der Waals surface area (Å²) in [5.74, 6) is 0.605. The third kappa shape index (κ3) is 7.28. The number of carbonyl (C=O) groups excluding carboxylic acids is 1. The number of carbonyl (C=O) groups is 1. The van der Waals surface area contributed by atoms with Gasteiger partial charge in [0, 0.05) is 31.5 Å². The zero-order valence-corrected chi connectivity index (χ0v) is 21.8. The summed E-state index contributed by atoms with van der Waals surface area (Å²) in [6.45, 7) is 3.05. The molecule has 2 aromatic carbocycles. The fraction of sp³-hybridized carbons (Fsp3) is 0.448. The Bertz CT molecular complexity index is 1250. The fourth-order valence-corrected chi connectivity index (χ4v) is 5.97. The van der Waals surface area contributed by atoms with Crippen LogP contribution in [0.4, 0.5) is 0 Å². The maximum absolute atomic E-state index is 12.4. The first-order valence-electron chi connectivity index (χ1n) is 12.8. The second-order valence-corrected chi connectivity index (χ2v) is 12.1. The molecule has 190 valence electrons. The molecule has 0 bridgehead atoms. The number of nitriles is 1. The topological polar surface area (TPSA) is 90.3 Å². The summed E-state index contributed by atoms with van der Waals surface area (Å²) in [5, 5.41) is 12.1. The fourth-order valence-electron chi connectivity index (χ4n) is 5.30. The minimum Gasteiger partial charge on any atom is -0.350 e. The molecule has 0 saturated heterocycles. The van der Waals surface area contributed by atoms with Gasteiger partial charge >= 0.3 is 0 Å². The number of nitrogens with zero attached hydrogens (tertiary/aromatic N) is 2. The van der Waals surface area contributed by atoms with Crippen molar-refractivity contribution in [2.24, 2.45) is 5.92 Å². The number of fused-ring (bicyclic) bond motifs is 1. The van der Waals surface area contributed by atoms with Crippen molar-refractivity contribution >= 4 is 21.8 Å². The van der Waals surface area contributed by atoms with Crippen LogP contribution < -0.4 is 5.32 Å². The van der Waals surface area contributed by atoms with Crippen LogP contribution >= 0.6 is 0 Å². The SMILES string of the molecule is CS(=O)(=O)c1ccc2c(c1)CCN(CCC1CCC(NC(=O)/C=C/c3cccc(C#N)c3)CC1)CC2. The van der Waals surface area contributed by atoms with Gasteiger partial charge < -0.3 is 10.2 Å². The number of nitrogens with one attached hydrogen (secondary N) is 1. The van der Waals surface area contributed by atoms with Gasteiger partial charge in [-0.1, -0.05) is 18.2 Å². The molecule has 1 aliphatic carbocycles. The third-order valence-corrected chi connectivity index (χ3v) is 8.60. The maximum atomic E-state index is 12.4. The lowest BCUT2D eigenvalue weighted by molar-refractivity contribution is -0.117. The maximum Gasteiger partial charge on any atom is 0.244 e. The Morgan fingerprint density at radius 1 is 1.08 bits per heavy atom. The summed E-state index contributed by atoms with van der Waals surface area (Å²) in [7, 11) is -3.17. The molecule has 0 spiro atoms. The minimum atomic E-state index is -3.17. The number of sulfone groups is 1. The van der Waals surface area contributed by atoms with Crippen LogP contribution in [-0.2, 0) is 27.5 Å². The molecule has 0 radical (unpaired) electrons. The average molecular weight is 506 g/mol. The summed E-state index contributed by atoms with van der Waals surface area (Å²) >= 11 is 0. The normalized spacial score (nSPS) is 20.9. The first-order valence-corrected chi connectivity index (χ1v) is 14.7. The summed E-state index contributed by atoms with van der Waals surface area (Å²) in [6.07, 6.45) is 11.9. The highest BCUT2D eigenvalue weighted by Gasteiger charge is 2.23. The van der Waals surface area contributed by atoms with Gasteiger partial charge in [0.2, 0.25) is 5.91 Å².